The van der Waals surface area contributed by atoms with E-state index in [-0.39, 0.29) is 6.04 Å². The molecule has 31 heavy (non-hydrogen) atoms. The molecule has 164 valence electrons. The molecule has 0 aliphatic heterocycles. The summed E-state index contributed by atoms with van der Waals surface area (Å²) in [6.07, 6.45) is 1.92. The highest BCUT2D eigenvalue weighted by Gasteiger charge is 2.23. The summed E-state index contributed by atoms with van der Waals surface area (Å²) in [5.74, 6) is -1.34. The number of carboxylic acids is 1. The number of hydrogen-bond donors (Lipinski definition) is 2. The van der Waals surface area contributed by atoms with Crippen LogP contribution in [0.3, 0.4) is 0 Å². The number of benzene rings is 2. The molecular weight excluding hydrogens is 415 g/mol. The lowest BCUT2D eigenvalue weighted by Gasteiger charge is -2.15. The molecule has 1 aromatic heterocycles. The van der Waals surface area contributed by atoms with Crippen molar-refractivity contribution in [1.29, 1.82) is 0 Å². The van der Waals surface area contributed by atoms with Gasteiger partial charge in [0.15, 0.2) is 0 Å². The Morgan fingerprint density at radius 3 is 2.52 bits per heavy atom. The highest BCUT2D eigenvalue weighted by Crippen LogP contribution is 2.26. The minimum Gasteiger partial charge on any atom is -0.478 e. The molecule has 0 aliphatic carbocycles. The Hall–Kier alpha value is -2.63. The maximum Gasteiger partial charge on any atom is 0.337 e. The molecule has 3 rings (SSSR count). The first-order chi connectivity index (χ1) is 14.8. The third kappa shape index (κ3) is 5.54. The molecule has 3 aromatic rings. The van der Waals surface area contributed by atoms with Crippen molar-refractivity contribution < 1.29 is 14.3 Å². The third-order valence-electron chi connectivity index (χ3n) is 5.80. The van der Waals surface area contributed by atoms with Gasteiger partial charge in [0.2, 0.25) is 0 Å². The maximum atomic E-state index is 13.4. The number of hydrogen-bond acceptors (Lipinski definition) is 2. The van der Waals surface area contributed by atoms with Crippen molar-refractivity contribution in [2.75, 3.05) is 0 Å². The number of halogens is 2. The Bertz CT molecular complexity index is 1060. The highest BCUT2D eigenvalue weighted by molar-refractivity contribution is 6.31. The number of aromatic carboxylic acids is 1. The number of aromatic nitrogens is 1. The Kier molecular flexibility index (Phi) is 7.52. The monoisotopic (exact) mass is 442 g/mol. The van der Waals surface area contributed by atoms with Gasteiger partial charge in [0, 0.05) is 41.1 Å². The summed E-state index contributed by atoms with van der Waals surface area (Å²) in [4.78, 5) is 12.0. The maximum absolute atomic E-state index is 13.4. The van der Waals surface area contributed by atoms with Crippen LogP contribution < -0.4 is 5.32 Å². The molecule has 0 aliphatic rings. The molecule has 0 saturated carbocycles. The second-order valence-corrected chi connectivity index (χ2v) is 8.36. The van der Waals surface area contributed by atoms with E-state index in [0.29, 0.717) is 29.4 Å². The SMILES string of the molecule is Cc1c(CN[C@H](C)CCc2ccccc2)c(C(=O)O)c(C)n1Cc1ccc(F)cc1Cl. The minimum atomic E-state index is -0.946. The first-order valence-corrected chi connectivity index (χ1v) is 10.8. The van der Waals surface area contributed by atoms with Gasteiger partial charge in [0.25, 0.3) is 0 Å². The molecule has 0 saturated heterocycles. The van der Waals surface area contributed by atoms with E-state index in [1.54, 1.807) is 13.0 Å². The average Bonchev–Trinajstić information content (AvgIpc) is 2.97. The van der Waals surface area contributed by atoms with E-state index in [2.05, 4.69) is 24.4 Å². The largest absolute Gasteiger partial charge is 0.478 e. The van der Waals surface area contributed by atoms with Crippen LogP contribution >= 0.6 is 11.6 Å². The molecule has 1 atom stereocenters. The van der Waals surface area contributed by atoms with E-state index < -0.39 is 11.8 Å². The van der Waals surface area contributed by atoms with Crippen LogP contribution in [0.4, 0.5) is 4.39 Å². The summed E-state index contributed by atoms with van der Waals surface area (Å²) in [5.41, 5.74) is 4.67. The van der Waals surface area contributed by atoms with Crippen LogP contribution in [0.2, 0.25) is 5.02 Å². The van der Waals surface area contributed by atoms with Gasteiger partial charge in [-0.3, -0.25) is 0 Å². The standard InChI is InChI=1S/C25H28ClFN2O2/c1-16(9-10-19-7-5-4-6-8-19)28-14-22-17(2)29(18(3)24(22)25(30)31)15-20-11-12-21(27)13-23(20)26/h4-8,11-13,16,28H,9-10,14-15H2,1-3H3,(H,30,31)/t16-/m1/s1. The summed E-state index contributed by atoms with van der Waals surface area (Å²) in [5, 5.41) is 13.7. The zero-order valence-corrected chi connectivity index (χ0v) is 18.8. The van der Waals surface area contributed by atoms with E-state index in [1.165, 1.54) is 17.7 Å². The van der Waals surface area contributed by atoms with Crippen molar-refractivity contribution in [3.8, 4) is 0 Å². The smallest absolute Gasteiger partial charge is 0.337 e. The van der Waals surface area contributed by atoms with Gasteiger partial charge in [0.05, 0.1) is 5.56 Å². The second-order valence-electron chi connectivity index (χ2n) is 7.96. The van der Waals surface area contributed by atoms with Crippen molar-refractivity contribution in [2.24, 2.45) is 0 Å². The quantitative estimate of drug-likeness (QED) is 0.443. The zero-order chi connectivity index (χ0) is 22.5. The van der Waals surface area contributed by atoms with Gasteiger partial charge in [0.1, 0.15) is 5.82 Å². The van der Waals surface area contributed by atoms with Crippen molar-refractivity contribution in [1.82, 2.24) is 9.88 Å². The van der Waals surface area contributed by atoms with Crippen LogP contribution in [-0.2, 0) is 19.5 Å². The van der Waals surface area contributed by atoms with Gasteiger partial charge in [-0.1, -0.05) is 48.0 Å². The van der Waals surface area contributed by atoms with E-state index in [4.69, 9.17) is 11.6 Å². The topological polar surface area (TPSA) is 54.3 Å². The first kappa shape index (κ1) is 23.0. The molecule has 0 spiro atoms. The normalized spacial score (nSPS) is 12.2. The van der Waals surface area contributed by atoms with Gasteiger partial charge in [-0.05, 0) is 56.9 Å². The predicted molar refractivity (Wildman–Crippen MR) is 122 cm³/mol. The number of carboxylic acid groups (broad SMARTS) is 1. The molecule has 0 bridgehead atoms. The van der Waals surface area contributed by atoms with Gasteiger partial charge in [-0.2, -0.15) is 0 Å². The molecule has 2 N–H and O–H groups in total. The van der Waals surface area contributed by atoms with E-state index >= 15 is 0 Å². The summed E-state index contributed by atoms with van der Waals surface area (Å²) in [6, 6.07) is 14.8. The highest BCUT2D eigenvalue weighted by atomic mass is 35.5. The fourth-order valence-corrected chi connectivity index (χ4v) is 4.14. The predicted octanol–water partition coefficient (Wildman–Crippen LogP) is 5.75. The Morgan fingerprint density at radius 2 is 1.87 bits per heavy atom. The van der Waals surface area contributed by atoms with E-state index in [9.17, 15) is 14.3 Å². The fraction of sp³-hybridized carbons (Fsp3) is 0.320. The molecule has 0 fully saturated rings. The Labute approximate surface area is 187 Å². The molecule has 4 nitrogen and oxygen atoms in total. The Balaban J connectivity index is 1.76. The van der Waals surface area contributed by atoms with E-state index in [0.717, 1.165) is 29.7 Å². The molecule has 6 heteroatoms. The number of nitrogens with zero attached hydrogens (tertiary/aromatic N) is 1. The van der Waals surface area contributed by atoms with Gasteiger partial charge in [-0.25, -0.2) is 9.18 Å². The molecular formula is C25H28ClFN2O2. The number of rotatable bonds is 9. The van der Waals surface area contributed by atoms with Gasteiger partial charge >= 0.3 is 5.97 Å². The molecule has 0 unspecified atom stereocenters. The number of nitrogens with one attached hydrogen (secondary N) is 1. The van der Waals surface area contributed by atoms with Crippen molar-refractivity contribution in [3.63, 3.8) is 0 Å². The molecule has 0 radical (unpaired) electrons. The number of aryl methyl sites for hydroxylation is 1. The zero-order valence-electron chi connectivity index (χ0n) is 18.1. The second kappa shape index (κ2) is 10.1. The van der Waals surface area contributed by atoms with E-state index in [1.807, 2.05) is 29.7 Å². The van der Waals surface area contributed by atoms with Crippen LogP contribution in [0.1, 0.15) is 51.8 Å². The average molecular weight is 443 g/mol. The van der Waals surface area contributed by atoms with Crippen molar-refractivity contribution in [2.45, 2.75) is 52.7 Å². The summed E-state index contributed by atoms with van der Waals surface area (Å²) in [6.45, 7) is 6.69. The first-order valence-electron chi connectivity index (χ1n) is 10.4. The summed E-state index contributed by atoms with van der Waals surface area (Å²) >= 11 is 6.20. The molecule has 0 amide bonds. The lowest BCUT2D eigenvalue weighted by Crippen LogP contribution is -2.27. The third-order valence-corrected chi connectivity index (χ3v) is 6.16. The summed E-state index contributed by atoms with van der Waals surface area (Å²) < 4.78 is 15.3. The Morgan fingerprint density at radius 1 is 1.16 bits per heavy atom. The number of carbonyl (C=O) groups is 1. The van der Waals surface area contributed by atoms with Crippen LogP contribution in [0.25, 0.3) is 0 Å². The lowest BCUT2D eigenvalue weighted by molar-refractivity contribution is 0.0694. The van der Waals surface area contributed by atoms with Crippen LogP contribution in [-0.4, -0.2) is 21.7 Å². The van der Waals surface area contributed by atoms with Crippen LogP contribution in [0, 0.1) is 19.7 Å². The minimum absolute atomic E-state index is 0.233. The molecule has 2 aromatic carbocycles. The van der Waals surface area contributed by atoms with Gasteiger partial charge in [-0.15, -0.1) is 0 Å². The molecule has 1 heterocycles. The summed E-state index contributed by atoms with van der Waals surface area (Å²) in [7, 11) is 0. The van der Waals surface area contributed by atoms with Gasteiger partial charge < -0.3 is 15.0 Å². The van der Waals surface area contributed by atoms with Crippen molar-refractivity contribution >= 4 is 17.6 Å². The van der Waals surface area contributed by atoms with Crippen LogP contribution in [0.5, 0.6) is 0 Å². The fourth-order valence-electron chi connectivity index (χ4n) is 3.91. The van der Waals surface area contributed by atoms with Crippen LogP contribution in [0.15, 0.2) is 48.5 Å². The lowest BCUT2D eigenvalue weighted by atomic mass is 10.1. The van der Waals surface area contributed by atoms with Crippen molar-refractivity contribution in [3.05, 3.63) is 93.0 Å².